The van der Waals surface area contributed by atoms with Crippen LogP contribution >= 0.6 is 0 Å². The number of ketones is 1. The fraction of sp³-hybridized carbons (Fsp3) is 0.231. The predicted molar refractivity (Wildman–Crippen MR) is 63.7 cm³/mol. The summed E-state index contributed by atoms with van der Waals surface area (Å²) in [6.07, 6.45) is 0. The number of carbonyl (C=O) groups excluding carboxylic acids is 1. The molecule has 0 atom stereocenters. The molecule has 0 unspecified atom stereocenters. The van der Waals surface area contributed by atoms with Crippen molar-refractivity contribution < 1.29 is 4.79 Å². The first-order chi connectivity index (χ1) is 7.07. The Bertz CT molecular complexity index is 430. The van der Waals surface area contributed by atoms with Crippen LogP contribution in [-0.4, -0.2) is 18.5 Å². The molecule has 0 N–H and O–H groups in total. The van der Waals surface area contributed by atoms with E-state index in [-0.39, 0.29) is 5.78 Å². The van der Waals surface area contributed by atoms with Gasteiger partial charge in [0.25, 0.3) is 0 Å². The second-order valence-corrected chi connectivity index (χ2v) is 3.50. The first-order valence-electron chi connectivity index (χ1n) is 4.81. The molecule has 2 nitrogen and oxygen atoms in total. The van der Waals surface area contributed by atoms with Gasteiger partial charge in [-0.3, -0.25) is 9.79 Å². The van der Waals surface area contributed by atoms with E-state index < -0.39 is 0 Å². The highest BCUT2D eigenvalue weighted by Gasteiger charge is 2.15. The fourth-order valence-corrected chi connectivity index (χ4v) is 1.44. The zero-order valence-electron chi connectivity index (χ0n) is 9.37. The molecule has 0 bridgehead atoms. The Morgan fingerprint density at radius 2 is 1.93 bits per heavy atom. The maximum atomic E-state index is 12.0. The van der Waals surface area contributed by atoms with Crippen LogP contribution in [-0.2, 0) is 0 Å². The van der Waals surface area contributed by atoms with Crippen molar-refractivity contribution in [1.29, 1.82) is 0 Å². The number of rotatable bonds is 3. The minimum atomic E-state index is -0.0527. The highest BCUT2D eigenvalue weighted by molar-refractivity contribution is 6.51. The highest BCUT2D eigenvalue weighted by Crippen LogP contribution is 2.11. The van der Waals surface area contributed by atoms with Gasteiger partial charge in [-0.25, -0.2) is 0 Å². The normalized spacial score (nSPS) is 11.3. The minimum absolute atomic E-state index is 0.0527. The lowest BCUT2D eigenvalue weighted by Gasteiger charge is -2.06. The molecule has 0 radical (unpaired) electrons. The van der Waals surface area contributed by atoms with Gasteiger partial charge in [0, 0.05) is 12.6 Å². The third kappa shape index (κ3) is 2.40. The van der Waals surface area contributed by atoms with Crippen molar-refractivity contribution in [1.82, 2.24) is 0 Å². The van der Waals surface area contributed by atoms with Crippen LogP contribution in [0.4, 0.5) is 0 Å². The largest absolute Gasteiger partial charge is 0.287 e. The smallest absolute Gasteiger partial charge is 0.211 e. The molecule has 0 aliphatic heterocycles. The van der Waals surface area contributed by atoms with Crippen LogP contribution < -0.4 is 0 Å². The fourth-order valence-electron chi connectivity index (χ4n) is 1.44. The van der Waals surface area contributed by atoms with Crippen LogP contribution in [0, 0.1) is 6.92 Å². The van der Waals surface area contributed by atoms with Gasteiger partial charge in [-0.15, -0.1) is 0 Å². The lowest BCUT2D eigenvalue weighted by molar-refractivity contribution is 0.106. The number of hydrogen-bond donors (Lipinski definition) is 0. The molecule has 1 aromatic carbocycles. The van der Waals surface area contributed by atoms with Crippen molar-refractivity contribution in [2.75, 3.05) is 7.05 Å². The zero-order chi connectivity index (χ0) is 11.4. The summed E-state index contributed by atoms with van der Waals surface area (Å²) < 4.78 is 0. The van der Waals surface area contributed by atoms with Crippen LogP contribution in [0.5, 0.6) is 0 Å². The van der Waals surface area contributed by atoms with Gasteiger partial charge in [-0.1, -0.05) is 30.8 Å². The van der Waals surface area contributed by atoms with E-state index in [9.17, 15) is 4.79 Å². The van der Waals surface area contributed by atoms with Crippen molar-refractivity contribution in [3.63, 3.8) is 0 Å². The Morgan fingerprint density at radius 1 is 1.33 bits per heavy atom. The monoisotopic (exact) mass is 201 g/mol. The van der Waals surface area contributed by atoms with Crippen LogP contribution in [0.25, 0.3) is 0 Å². The quantitative estimate of drug-likeness (QED) is 0.546. The van der Waals surface area contributed by atoms with Gasteiger partial charge in [0.2, 0.25) is 5.78 Å². The maximum Gasteiger partial charge on any atom is 0.211 e. The molecule has 0 amide bonds. The van der Waals surface area contributed by atoms with Gasteiger partial charge in [0.05, 0.1) is 0 Å². The standard InChI is InChI=1S/C13H15NO/c1-9(2)12(14-4)13(15)11-8-6-5-7-10(11)3/h5-8H,1H2,2-4H3. The van der Waals surface area contributed by atoms with Crippen LogP contribution in [0.1, 0.15) is 22.8 Å². The van der Waals surface area contributed by atoms with E-state index in [0.29, 0.717) is 16.8 Å². The number of benzene rings is 1. The molecule has 0 aliphatic carbocycles. The number of aryl methyl sites for hydroxylation is 1. The molecule has 78 valence electrons. The molecule has 0 spiro atoms. The Kier molecular flexibility index (Phi) is 3.56. The van der Waals surface area contributed by atoms with Gasteiger partial charge in [0.1, 0.15) is 5.71 Å². The van der Waals surface area contributed by atoms with Gasteiger partial charge < -0.3 is 0 Å². The second kappa shape index (κ2) is 4.69. The molecular formula is C13H15NO. The topological polar surface area (TPSA) is 29.4 Å². The molecule has 1 rings (SSSR count). The lowest BCUT2D eigenvalue weighted by atomic mass is 9.99. The third-order valence-corrected chi connectivity index (χ3v) is 2.23. The first-order valence-corrected chi connectivity index (χ1v) is 4.81. The first kappa shape index (κ1) is 11.4. The summed E-state index contributed by atoms with van der Waals surface area (Å²) >= 11 is 0. The summed E-state index contributed by atoms with van der Waals surface area (Å²) in [5.74, 6) is -0.0527. The Balaban J connectivity index is 3.16. The summed E-state index contributed by atoms with van der Waals surface area (Å²) in [5.41, 5.74) is 2.81. The van der Waals surface area contributed by atoms with Gasteiger partial charge in [-0.2, -0.15) is 0 Å². The minimum Gasteiger partial charge on any atom is -0.287 e. The average Bonchev–Trinajstić information content (AvgIpc) is 2.18. The van der Waals surface area contributed by atoms with Crippen molar-refractivity contribution in [2.24, 2.45) is 4.99 Å². The van der Waals surface area contributed by atoms with Crippen molar-refractivity contribution in [2.45, 2.75) is 13.8 Å². The van der Waals surface area contributed by atoms with Gasteiger partial charge in [0.15, 0.2) is 0 Å². The number of carbonyl (C=O) groups is 1. The summed E-state index contributed by atoms with van der Waals surface area (Å²) in [6.45, 7) is 7.46. The number of allylic oxidation sites excluding steroid dienone is 1. The number of nitrogens with zero attached hydrogens (tertiary/aromatic N) is 1. The Hall–Kier alpha value is -1.70. The molecule has 0 aromatic heterocycles. The summed E-state index contributed by atoms with van der Waals surface area (Å²) in [4.78, 5) is 16.0. The van der Waals surface area contributed by atoms with E-state index >= 15 is 0 Å². The van der Waals surface area contributed by atoms with E-state index in [1.807, 2.05) is 31.2 Å². The van der Waals surface area contributed by atoms with Crippen molar-refractivity contribution in [3.8, 4) is 0 Å². The van der Waals surface area contributed by atoms with E-state index in [2.05, 4.69) is 11.6 Å². The third-order valence-electron chi connectivity index (χ3n) is 2.23. The number of Topliss-reactive ketones (excluding diaryl/α,β-unsaturated/α-hetero) is 1. The lowest BCUT2D eigenvalue weighted by Crippen LogP contribution is -2.16. The summed E-state index contributed by atoms with van der Waals surface area (Å²) in [7, 11) is 1.61. The summed E-state index contributed by atoms with van der Waals surface area (Å²) in [6, 6.07) is 7.49. The van der Waals surface area contributed by atoms with Crippen LogP contribution in [0.15, 0.2) is 41.4 Å². The number of aliphatic imine (C=N–C) groups is 1. The Morgan fingerprint density at radius 3 is 2.40 bits per heavy atom. The Labute approximate surface area is 90.4 Å². The van der Waals surface area contributed by atoms with E-state index in [4.69, 9.17) is 0 Å². The van der Waals surface area contributed by atoms with Gasteiger partial charge in [-0.05, 0) is 25.0 Å². The van der Waals surface area contributed by atoms with E-state index in [1.54, 1.807) is 14.0 Å². The molecule has 0 aliphatic rings. The summed E-state index contributed by atoms with van der Waals surface area (Å²) in [5, 5.41) is 0. The molecule has 0 heterocycles. The molecule has 0 fully saturated rings. The average molecular weight is 201 g/mol. The second-order valence-electron chi connectivity index (χ2n) is 3.50. The molecule has 0 saturated heterocycles. The van der Waals surface area contributed by atoms with Crippen molar-refractivity contribution in [3.05, 3.63) is 47.5 Å². The van der Waals surface area contributed by atoms with Crippen LogP contribution in [0.2, 0.25) is 0 Å². The molecule has 15 heavy (non-hydrogen) atoms. The van der Waals surface area contributed by atoms with Crippen molar-refractivity contribution >= 4 is 11.5 Å². The molecular weight excluding hydrogens is 186 g/mol. The molecule has 2 heteroatoms. The maximum absolute atomic E-state index is 12.0. The predicted octanol–water partition coefficient (Wildman–Crippen LogP) is 2.82. The SMILES string of the molecule is C=C(C)C(=NC)C(=O)c1ccccc1C. The zero-order valence-corrected chi connectivity index (χ0v) is 9.37. The highest BCUT2D eigenvalue weighted by atomic mass is 16.1. The van der Waals surface area contributed by atoms with Crippen LogP contribution in [0.3, 0.4) is 0 Å². The molecule has 1 aromatic rings. The van der Waals surface area contributed by atoms with E-state index in [1.165, 1.54) is 0 Å². The van der Waals surface area contributed by atoms with Gasteiger partial charge >= 0.3 is 0 Å². The molecule has 0 saturated carbocycles. The van der Waals surface area contributed by atoms with E-state index in [0.717, 1.165) is 5.56 Å². The number of hydrogen-bond acceptors (Lipinski definition) is 2.